The van der Waals surface area contributed by atoms with Gasteiger partial charge < -0.3 is 19.6 Å². The number of nitrogens with zero attached hydrogens (tertiary/aromatic N) is 3. The van der Waals surface area contributed by atoms with Crippen LogP contribution in [-0.2, 0) is 0 Å². The average Bonchev–Trinajstić information content (AvgIpc) is 3.32. The Morgan fingerprint density at radius 2 is 1.69 bits per heavy atom. The van der Waals surface area contributed by atoms with Crippen molar-refractivity contribution in [1.82, 2.24) is 0 Å². The molecule has 0 bridgehead atoms. The molecule has 1 aromatic carbocycles. The summed E-state index contributed by atoms with van der Waals surface area (Å²) in [4.78, 5) is 2.74. The summed E-state index contributed by atoms with van der Waals surface area (Å²) in [6.07, 6.45) is 6.98. The highest BCUT2D eigenvalue weighted by molar-refractivity contribution is 5.59. The van der Waals surface area contributed by atoms with E-state index in [1.54, 1.807) is 0 Å². The number of quaternary nitrogens is 2. The van der Waals surface area contributed by atoms with Crippen LogP contribution in [0.3, 0.4) is 0 Å². The monoisotopic (exact) mass is 358 g/mol. The van der Waals surface area contributed by atoms with E-state index in [2.05, 4.69) is 44.1 Å². The Balaban J connectivity index is 1.60. The van der Waals surface area contributed by atoms with E-state index in [0.717, 1.165) is 11.7 Å². The molecule has 26 heavy (non-hydrogen) atoms. The van der Waals surface area contributed by atoms with Gasteiger partial charge in [0.25, 0.3) is 0 Å². The number of benzene rings is 1. The minimum atomic E-state index is 0.668. The third-order valence-corrected chi connectivity index (χ3v) is 7.74. The van der Waals surface area contributed by atoms with Gasteiger partial charge in [-0.05, 0) is 30.7 Å². The molecule has 4 heteroatoms. The minimum absolute atomic E-state index is 0.668. The Bertz CT molecular complexity index is 644. The molecule has 4 nitrogen and oxygen atoms in total. The van der Waals surface area contributed by atoms with Crippen LogP contribution in [0.4, 0.5) is 11.4 Å². The fraction of sp³-hybridized carbons (Fsp3) is 0.727. The number of nitrogen functional groups attached to an aromatic ring is 1. The Kier molecular flexibility index (Phi) is 4.68. The fourth-order valence-corrected chi connectivity index (χ4v) is 5.88. The van der Waals surface area contributed by atoms with Crippen molar-refractivity contribution in [2.75, 3.05) is 64.0 Å². The van der Waals surface area contributed by atoms with E-state index in [9.17, 15) is 0 Å². The van der Waals surface area contributed by atoms with E-state index in [4.69, 9.17) is 5.73 Å². The quantitative estimate of drug-likeness (QED) is 0.662. The van der Waals surface area contributed by atoms with E-state index >= 15 is 0 Å². The lowest BCUT2D eigenvalue weighted by atomic mass is 10.1. The van der Waals surface area contributed by atoms with Gasteiger partial charge >= 0.3 is 0 Å². The number of nitrogens with two attached hydrogens (primary N) is 1. The second kappa shape index (κ2) is 6.72. The third kappa shape index (κ3) is 3.34. The first-order valence-electron chi connectivity index (χ1n) is 10.7. The lowest BCUT2D eigenvalue weighted by molar-refractivity contribution is -0.920. The van der Waals surface area contributed by atoms with Gasteiger partial charge in [-0.2, -0.15) is 0 Å². The number of hydrogen-bond donors (Lipinski definition) is 1. The normalized spacial score (nSPS) is 30.2. The Morgan fingerprint density at radius 3 is 2.35 bits per heavy atom. The van der Waals surface area contributed by atoms with Gasteiger partial charge in [-0.1, -0.05) is 0 Å². The molecule has 3 aliphatic rings. The van der Waals surface area contributed by atoms with Crippen molar-refractivity contribution in [3.8, 4) is 0 Å². The first-order valence-corrected chi connectivity index (χ1v) is 10.7. The largest absolute Gasteiger partial charge is 0.399 e. The zero-order chi connectivity index (χ0) is 18.4. The first-order chi connectivity index (χ1) is 12.4. The highest BCUT2D eigenvalue weighted by Gasteiger charge is 2.47. The highest BCUT2D eigenvalue weighted by atomic mass is 15.4. The Labute approximate surface area is 159 Å². The number of likely N-dealkylation sites (N-methyl/N-ethyl adjacent to an activating group) is 2. The molecule has 3 heterocycles. The summed E-state index contributed by atoms with van der Waals surface area (Å²) >= 11 is 0. The first kappa shape index (κ1) is 18.1. The summed E-state index contributed by atoms with van der Waals surface area (Å²) in [5, 5.41) is 0. The van der Waals surface area contributed by atoms with Crippen LogP contribution in [0.1, 0.15) is 37.7 Å². The van der Waals surface area contributed by atoms with E-state index in [1.807, 2.05) is 0 Å². The van der Waals surface area contributed by atoms with Crippen molar-refractivity contribution in [1.29, 1.82) is 0 Å². The number of rotatable bonds is 4. The smallest absolute Gasteiger partial charge is 0.109 e. The van der Waals surface area contributed by atoms with E-state index in [-0.39, 0.29) is 0 Å². The second-order valence-corrected chi connectivity index (χ2v) is 9.83. The van der Waals surface area contributed by atoms with Crippen LogP contribution in [0.25, 0.3) is 0 Å². The van der Waals surface area contributed by atoms with Gasteiger partial charge in [-0.25, -0.2) is 0 Å². The van der Waals surface area contributed by atoms with Crippen LogP contribution >= 0.6 is 0 Å². The molecule has 0 amide bonds. The number of likely N-dealkylation sites (tertiary alicyclic amines) is 2. The van der Waals surface area contributed by atoms with Crippen molar-refractivity contribution in [3.05, 3.63) is 23.8 Å². The molecule has 2 atom stereocenters. The molecular weight excluding hydrogens is 320 g/mol. The second-order valence-electron chi connectivity index (χ2n) is 9.83. The van der Waals surface area contributed by atoms with Crippen LogP contribution in [0.15, 0.2) is 18.2 Å². The van der Waals surface area contributed by atoms with Crippen molar-refractivity contribution in [2.45, 2.75) is 51.1 Å². The van der Waals surface area contributed by atoms with E-state index in [1.165, 1.54) is 91.6 Å². The summed E-state index contributed by atoms with van der Waals surface area (Å²) in [5.74, 6) is 0. The molecule has 0 saturated carbocycles. The summed E-state index contributed by atoms with van der Waals surface area (Å²) in [6.45, 7) is 10.1. The van der Waals surface area contributed by atoms with Crippen LogP contribution in [0.5, 0.6) is 0 Å². The van der Waals surface area contributed by atoms with E-state index in [0.29, 0.717) is 6.04 Å². The highest BCUT2D eigenvalue weighted by Crippen LogP contribution is 2.36. The molecule has 1 aromatic rings. The maximum Gasteiger partial charge on any atom is 0.109 e. The summed E-state index contributed by atoms with van der Waals surface area (Å²) < 4.78 is 2.57. The average molecular weight is 359 g/mol. The van der Waals surface area contributed by atoms with Crippen molar-refractivity contribution >= 4 is 11.4 Å². The molecule has 3 fully saturated rings. The lowest BCUT2D eigenvalue weighted by Gasteiger charge is -2.35. The van der Waals surface area contributed by atoms with Gasteiger partial charge in [0.2, 0.25) is 0 Å². The van der Waals surface area contributed by atoms with Gasteiger partial charge in [0.1, 0.15) is 6.04 Å². The van der Waals surface area contributed by atoms with Crippen molar-refractivity contribution in [2.24, 2.45) is 0 Å². The minimum Gasteiger partial charge on any atom is -0.399 e. The molecule has 2 unspecified atom stereocenters. The summed E-state index contributed by atoms with van der Waals surface area (Å²) in [6, 6.07) is 8.13. The number of aryl methyl sites for hydroxylation is 1. The van der Waals surface area contributed by atoms with Crippen LogP contribution in [-0.4, -0.2) is 74.4 Å². The zero-order valence-corrected chi connectivity index (χ0v) is 17.1. The Morgan fingerprint density at radius 1 is 1.04 bits per heavy atom. The molecular formula is C22H38N4+2. The zero-order valence-electron chi connectivity index (χ0n) is 17.1. The van der Waals surface area contributed by atoms with E-state index < -0.39 is 0 Å². The maximum atomic E-state index is 6.10. The molecule has 3 aliphatic heterocycles. The van der Waals surface area contributed by atoms with Crippen LogP contribution in [0.2, 0.25) is 0 Å². The molecule has 0 aromatic heterocycles. The van der Waals surface area contributed by atoms with Gasteiger partial charge in [-0.3, -0.25) is 0 Å². The van der Waals surface area contributed by atoms with Crippen molar-refractivity contribution in [3.63, 3.8) is 0 Å². The topological polar surface area (TPSA) is 29.3 Å². The summed E-state index contributed by atoms with van der Waals surface area (Å²) in [7, 11) is 5.00. The predicted molar refractivity (Wildman–Crippen MR) is 110 cm³/mol. The molecule has 4 rings (SSSR count). The number of anilines is 2. The van der Waals surface area contributed by atoms with Crippen LogP contribution in [0, 0.1) is 6.92 Å². The predicted octanol–water partition coefficient (Wildman–Crippen LogP) is 3.01. The third-order valence-electron chi connectivity index (χ3n) is 7.74. The SMILES string of the molecule is Cc1cc(N2CC([N+]3(C)CCCC3)CC2C[N+]2(C)CCCC2)ccc1N. The number of hydrogen-bond acceptors (Lipinski definition) is 2. The summed E-state index contributed by atoms with van der Waals surface area (Å²) in [5.41, 5.74) is 9.62. The van der Waals surface area contributed by atoms with Gasteiger partial charge in [0.15, 0.2) is 0 Å². The molecule has 144 valence electrons. The molecule has 2 N–H and O–H groups in total. The molecule has 0 aliphatic carbocycles. The van der Waals surface area contributed by atoms with Gasteiger partial charge in [0.05, 0.1) is 59.4 Å². The van der Waals surface area contributed by atoms with Gasteiger partial charge in [0, 0.05) is 43.5 Å². The maximum absolute atomic E-state index is 6.10. The van der Waals surface area contributed by atoms with Gasteiger partial charge in [-0.15, -0.1) is 0 Å². The fourth-order valence-electron chi connectivity index (χ4n) is 5.88. The molecule has 0 radical (unpaired) electrons. The molecule has 3 saturated heterocycles. The Hall–Kier alpha value is -1.26. The van der Waals surface area contributed by atoms with Crippen molar-refractivity contribution < 1.29 is 8.97 Å². The molecule has 0 spiro atoms. The lowest BCUT2D eigenvalue weighted by Crippen LogP contribution is -2.51. The van der Waals surface area contributed by atoms with Crippen LogP contribution < -0.4 is 10.6 Å². The standard InChI is InChI=1S/C22H38N4/c1-18-14-19(8-9-22(18)23)24-16-21(26(3)12-6-7-13-26)15-20(24)17-25(2)10-4-5-11-25/h8-9,14,20-21H,4-7,10-13,15-17,23H2,1-3H3/q+2.